The second-order valence-electron chi connectivity index (χ2n) is 3.55. The molecule has 0 saturated carbocycles. The molecule has 2 aromatic rings. The van der Waals surface area contributed by atoms with Gasteiger partial charge in [-0.1, -0.05) is 31.3 Å². The van der Waals surface area contributed by atoms with Crippen LogP contribution in [0.5, 0.6) is 0 Å². The minimum absolute atomic E-state index is 1.02. The molecular formula is C14H14S2. The molecule has 16 heavy (non-hydrogen) atoms. The molecule has 2 heterocycles. The smallest absolute Gasteiger partial charge is 0.0775 e. The zero-order valence-corrected chi connectivity index (χ0v) is 11.0. The van der Waals surface area contributed by atoms with Crippen LogP contribution in [0, 0.1) is 11.8 Å². The van der Waals surface area contributed by atoms with Gasteiger partial charge >= 0.3 is 0 Å². The van der Waals surface area contributed by atoms with Crippen LogP contribution in [0.2, 0.25) is 0 Å². The third-order valence-corrected chi connectivity index (χ3v) is 4.30. The van der Waals surface area contributed by atoms with Gasteiger partial charge in [0.25, 0.3) is 0 Å². The summed E-state index contributed by atoms with van der Waals surface area (Å²) in [6.07, 6.45) is 3.44. The largest absolute Gasteiger partial charge is 0.143 e. The highest BCUT2D eigenvalue weighted by atomic mass is 32.1. The number of rotatable bonds is 3. The van der Waals surface area contributed by atoms with Gasteiger partial charge in [-0.3, -0.25) is 0 Å². The molecule has 0 unspecified atom stereocenters. The molecule has 0 nitrogen and oxygen atoms in total. The maximum absolute atomic E-state index is 3.23. The maximum atomic E-state index is 3.23. The number of hydrogen-bond acceptors (Lipinski definition) is 2. The van der Waals surface area contributed by atoms with Gasteiger partial charge < -0.3 is 0 Å². The first-order valence-corrected chi connectivity index (χ1v) is 7.22. The van der Waals surface area contributed by atoms with Crippen molar-refractivity contribution < 1.29 is 0 Å². The minimum Gasteiger partial charge on any atom is -0.143 e. The first-order chi connectivity index (χ1) is 7.90. The van der Waals surface area contributed by atoms with Crippen LogP contribution in [-0.2, 0) is 0 Å². The third-order valence-electron chi connectivity index (χ3n) is 2.24. The molecule has 0 spiro atoms. The van der Waals surface area contributed by atoms with Crippen molar-refractivity contribution in [2.75, 3.05) is 0 Å². The van der Waals surface area contributed by atoms with Gasteiger partial charge in [0.15, 0.2) is 0 Å². The summed E-state index contributed by atoms with van der Waals surface area (Å²) < 4.78 is 0. The summed E-state index contributed by atoms with van der Waals surface area (Å²) in [4.78, 5) is 3.85. The third kappa shape index (κ3) is 2.98. The average molecular weight is 246 g/mol. The highest BCUT2D eigenvalue weighted by molar-refractivity contribution is 7.21. The van der Waals surface area contributed by atoms with Crippen molar-refractivity contribution in [1.29, 1.82) is 0 Å². The maximum Gasteiger partial charge on any atom is 0.0775 e. The topological polar surface area (TPSA) is 0 Å². The second kappa shape index (κ2) is 5.89. The standard InChI is InChI=1S/C14H14S2/c1-2-3-4-5-7-12-9-10-14(16-12)13-8-6-11-15-13/h6,8-11H,2-4H2,1H3. The van der Waals surface area contributed by atoms with Gasteiger partial charge in [-0.2, -0.15) is 0 Å². The molecular weight excluding hydrogens is 232 g/mol. The molecule has 0 N–H and O–H groups in total. The van der Waals surface area contributed by atoms with Crippen molar-refractivity contribution in [3.05, 3.63) is 34.5 Å². The van der Waals surface area contributed by atoms with Crippen LogP contribution in [0.3, 0.4) is 0 Å². The monoisotopic (exact) mass is 246 g/mol. The molecule has 2 rings (SSSR count). The van der Waals surface area contributed by atoms with Crippen molar-refractivity contribution in [3.63, 3.8) is 0 Å². The molecule has 0 saturated heterocycles. The highest BCUT2D eigenvalue weighted by Crippen LogP contribution is 2.30. The van der Waals surface area contributed by atoms with E-state index in [-0.39, 0.29) is 0 Å². The zero-order valence-electron chi connectivity index (χ0n) is 9.32. The summed E-state index contributed by atoms with van der Waals surface area (Å²) in [5, 5.41) is 2.11. The van der Waals surface area contributed by atoms with Crippen LogP contribution in [0.25, 0.3) is 9.75 Å². The number of hydrogen-bond donors (Lipinski definition) is 0. The van der Waals surface area contributed by atoms with Gasteiger partial charge in [0.1, 0.15) is 0 Å². The lowest BCUT2D eigenvalue weighted by Crippen LogP contribution is -1.67. The molecule has 0 aliphatic rings. The second-order valence-corrected chi connectivity index (χ2v) is 5.58. The van der Waals surface area contributed by atoms with E-state index < -0.39 is 0 Å². The molecule has 0 bridgehead atoms. The predicted octanol–water partition coefficient (Wildman–Crippen LogP) is 5.02. The molecule has 0 aliphatic carbocycles. The Bertz CT molecular complexity index is 480. The van der Waals surface area contributed by atoms with E-state index in [2.05, 4.69) is 48.4 Å². The normalized spacial score (nSPS) is 9.81. The van der Waals surface area contributed by atoms with E-state index in [0.29, 0.717) is 0 Å². The molecule has 0 aromatic carbocycles. The Morgan fingerprint density at radius 2 is 2.12 bits per heavy atom. The summed E-state index contributed by atoms with van der Waals surface area (Å²) in [5.41, 5.74) is 0. The Labute approximate surface area is 105 Å². The van der Waals surface area contributed by atoms with Gasteiger partial charge in [-0.15, -0.1) is 22.7 Å². The van der Waals surface area contributed by atoms with E-state index in [1.165, 1.54) is 27.5 Å². The summed E-state index contributed by atoms with van der Waals surface area (Å²) in [6, 6.07) is 8.54. The van der Waals surface area contributed by atoms with E-state index in [1.54, 1.807) is 22.7 Å². The summed E-state index contributed by atoms with van der Waals surface area (Å²) >= 11 is 3.57. The van der Waals surface area contributed by atoms with Crippen LogP contribution >= 0.6 is 22.7 Å². The minimum atomic E-state index is 1.02. The van der Waals surface area contributed by atoms with Crippen molar-refractivity contribution in [2.45, 2.75) is 26.2 Å². The van der Waals surface area contributed by atoms with E-state index in [0.717, 1.165) is 6.42 Å². The average Bonchev–Trinajstić information content (AvgIpc) is 2.94. The van der Waals surface area contributed by atoms with Gasteiger partial charge in [-0.05, 0) is 30.0 Å². The molecule has 0 aliphatic heterocycles. The Hall–Kier alpha value is -1.04. The lowest BCUT2D eigenvalue weighted by molar-refractivity contribution is 0.828. The van der Waals surface area contributed by atoms with Crippen LogP contribution < -0.4 is 0 Å². The number of unbranched alkanes of at least 4 members (excludes halogenated alkanes) is 2. The van der Waals surface area contributed by atoms with Crippen molar-refractivity contribution in [1.82, 2.24) is 0 Å². The van der Waals surface area contributed by atoms with Crippen molar-refractivity contribution in [2.24, 2.45) is 0 Å². The van der Waals surface area contributed by atoms with Gasteiger partial charge in [0.05, 0.1) is 4.88 Å². The molecule has 0 radical (unpaired) electrons. The fourth-order valence-corrected chi connectivity index (χ4v) is 3.09. The van der Waals surface area contributed by atoms with Crippen LogP contribution in [-0.4, -0.2) is 0 Å². The van der Waals surface area contributed by atoms with Crippen LogP contribution in [0.4, 0.5) is 0 Å². The van der Waals surface area contributed by atoms with Crippen LogP contribution in [0.15, 0.2) is 29.6 Å². The lowest BCUT2D eigenvalue weighted by atomic mass is 10.2. The fourth-order valence-electron chi connectivity index (χ4n) is 1.37. The molecule has 2 aromatic heterocycles. The SMILES string of the molecule is CCCCC#Cc1ccc(-c2cccs2)s1. The van der Waals surface area contributed by atoms with Crippen LogP contribution in [0.1, 0.15) is 31.1 Å². The van der Waals surface area contributed by atoms with Gasteiger partial charge in [0.2, 0.25) is 0 Å². The zero-order chi connectivity index (χ0) is 11.2. The first kappa shape index (κ1) is 11.4. The highest BCUT2D eigenvalue weighted by Gasteiger charge is 2.01. The van der Waals surface area contributed by atoms with Gasteiger partial charge in [0, 0.05) is 16.2 Å². The Kier molecular flexibility index (Phi) is 4.21. The summed E-state index contributed by atoms with van der Waals surface area (Å²) in [6.45, 7) is 2.20. The van der Waals surface area contributed by atoms with Crippen molar-refractivity contribution >= 4 is 22.7 Å². The summed E-state index contributed by atoms with van der Waals surface area (Å²) in [7, 11) is 0. The van der Waals surface area contributed by atoms with E-state index in [9.17, 15) is 0 Å². The Morgan fingerprint density at radius 3 is 2.88 bits per heavy atom. The van der Waals surface area contributed by atoms with Crippen molar-refractivity contribution in [3.8, 4) is 21.6 Å². The quantitative estimate of drug-likeness (QED) is 0.527. The Balaban J connectivity index is 2.04. The van der Waals surface area contributed by atoms with E-state index in [4.69, 9.17) is 0 Å². The molecule has 0 atom stereocenters. The first-order valence-electron chi connectivity index (χ1n) is 5.52. The lowest BCUT2D eigenvalue weighted by Gasteiger charge is -1.86. The summed E-state index contributed by atoms with van der Waals surface area (Å²) in [5.74, 6) is 6.46. The molecule has 2 heteroatoms. The van der Waals surface area contributed by atoms with E-state index >= 15 is 0 Å². The molecule has 0 fully saturated rings. The number of thiophene rings is 2. The molecule has 0 amide bonds. The predicted molar refractivity (Wildman–Crippen MR) is 74.0 cm³/mol. The molecule has 82 valence electrons. The Morgan fingerprint density at radius 1 is 1.19 bits per heavy atom. The fraction of sp³-hybridized carbons (Fsp3) is 0.286. The van der Waals surface area contributed by atoms with E-state index in [1.807, 2.05) is 0 Å². The van der Waals surface area contributed by atoms with Gasteiger partial charge in [-0.25, -0.2) is 0 Å².